The van der Waals surface area contributed by atoms with Crippen LogP contribution >= 0.6 is 22.9 Å². The number of benzene rings is 1. The van der Waals surface area contributed by atoms with Gasteiger partial charge < -0.3 is 0 Å². The lowest BCUT2D eigenvalue weighted by Gasteiger charge is -2.04. The number of carbonyl (C=O) groups is 1. The topological polar surface area (TPSA) is 89.0 Å². The minimum Gasteiger partial charge on any atom is -0.300 e. The van der Waals surface area contributed by atoms with Gasteiger partial charge in [0.15, 0.2) is 9.84 Å². The van der Waals surface area contributed by atoms with Crippen molar-refractivity contribution < 1.29 is 13.2 Å². The molecule has 0 fully saturated rings. The summed E-state index contributed by atoms with van der Waals surface area (Å²) in [5.74, 6) is -1.00. The van der Waals surface area contributed by atoms with Crippen LogP contribution in [0.4, 0.5) is 5.13 Å². The number of halogens is 1. The van der Waals surface area contributed by atoms with Gasteiger partial charge in [0.25, 0.3) is 0 Å². The molecular weight excluding hydrogens is 370 g/mol. The molecule has 6 nitrogen and oxygen atoms in total. The quantitative estimate of drug-likeness (QED) is 0.788. The van der Waals surface area contributed by atoms with Crippen LogP contribution < -0.4 is 5.32 Å². The van der Waals surface area contributed by atoms with Gasteiger partial charge in [0, 0.05) is 11.4 Å². The third-order valence-electron chi connectivity index (χ3n) is 2.95. The highest BCUT2D eigenvalue weighted by atomic mass is 35.5. The van der Waals surface area contributed by atoms with Crippen molar-refractivity contribution in [1.29, 1.82) is 0 Å². The van der Waals surface area contributed by atoms with Crippen molar-refractivity contribution in [2.45, 2.75) is 26.0 Å². The Kier molecular flexibility index (Phi) is 6.31. The molecule has 9 heteroatoms. The Balaban J connectivity index is 1.93. The van der Waals surface area contributed by atoms with Crippen molar-refractivity contribution in [3.63, 3.8) is 0 Å². The first-order valence-electron chi connectivity index (χ1n) is 7.30. The number of hydrogen-bond donors (Lipinski definition) is 1. The molecule has 0 unspecified atom stereocenters. The lowest BCUT2D eigenvalue weighted by molar-refractivity contribution is -0.113. The smallest absolute Gasteiger partial charge is 0.241 e. The molecule has 1 amide bonds. The van der Waals surface area contributed by atoms with E-state index in [1.54, 1.807) is 24.3 Å². The third kappa shape index (κ3) is 6.18. The van der Waals surface area contributed by atoms with Gasteiger partial charge in [-0.15, -0.1) is 10.2 Å². The molecule has 0 radical (unpaired) electrons. The Hall–Kier alpha value is -1.51. The van der Waals surface area contributed by atoms with E-state index in [2.05, 4.69) is 29.4 Å². The SMILES string of the molecule is CC(C)Cc1nnc(NC(=O)CS(=O)(=O)Cc2ccc(Cl)cc2)s1. The fourth-order valence-corrected chi connectivity index (χ4v) is 4.34. The second-order valence-electron chi connectivity index (χ2n) is 5.81. The van der Waals surface area contributed by atoms with Gasteiger partial charge in [-0.3, -0.25) is 10.1 Å². The van der Waals surface area contributed by atoms with Gasteiger partial charge in [0.2, 0.25) is 11.0 Å². The van der Waals surface area contributed by atoms with Gasteiger partial charge in [-0.2, -0.15) is 0 Å². The highest BCUT2D eigenvalue weighted by molar-refractivity contribution is 7.91. The lowest BCUT2D eigenvalue weighted by atomic mass is 10.1. The van der Waals surface area contributed by atoms with Crippen molar-refractivity contribution in [2.75, 3.05) is 11.1 Å². The number of sulfone groups is 1. The van der Waals surface area contributed by atoms with Crippen molar-refractivity contribution in [3.05, 3.63) is 39.9 Å². The number of carbonyl (C=O) groups excluding carboxylic acids is 1. The molecule has 0 atom stereocenters. The largest absolute Gasteiger partial charge is 0.300 e. The molecule has 1 aromatic carbocycles. The fraction of sp³-hybridized carbons (Fsp3) is 0.400. The molecule has 24 heavy (non-hydrogen) atoms. The summed E-state index contributed by atoms with van der Waals surface area (Å²) in [5.41, 5.74) is 0.585. The van der Waals surface area contributed by atoms with Crippen LogP contribution in [-0.2, 0) is 26.8 Å². The molecule has 0 aliphatic rings. The molecule has 0 bridgehead atoms. The number of rotatable bonds is 7. The predicted octanol–water partition coefficient (Wildman–Crippen LogP) is 2.94. The summed E-state index contributed by atoms with van der Waals surface area (Å²) in [6.45, 7) is 4.12. The molecule has 0 spiro atoms. The molecule has 2 aromatic rings. The summed E-state index contributed by atoms with van der Waals surface area (Å²) in [4.78, 5) is 11.9. The van der Waals surface area contributed by atoms with E-state index in [1.165, 1.54) is 11.3 Å². The minimum absolute atomic E-state index is 0.216. The van der Waals surface area contributed by atoms with E-state index in [1.807, 2.05) is 0 Å². The first-order chi connectivity index (χ1) is 11.2. The lowest BCUT2D eigenvalue weighted by Crippen LogP contribution is -2.23. The van der Waals surface area contributed by atoms with E-state index in [0.717, 1.165) is 11.4 Å². The number of amides is 1. The summed E-state index contributed by atoms with van der Waals surface area (Å²) in [6.07, 6.45) is 0.766. The van der Waals surface area contributed by atoms with E-state index in [4.69, 9.17) is 11.6 Å². The summed E-state index contributed by atoms with van der Waals surface area (Å²) >= 11 is 7.02. The summed E-state index contributed by atoms with van der Waals surface area (Å²) in [6, 6.07) is 6.48. The average molecular weight is 388 g/mol. The molecule has 1 aromatic heterocycles. The zero-order chi connectivity index (χ0) is 17.7. The van der Waals surface area contributed by atoms with E-state index < -0.39 is 21.5 Å². The van der Waals surface area contributed by atoms with Crippen molar-refractivity contribution >= 4 is 43.8 Å². The Morgan fingerprint density at radius 1 is 1.25 bits per heavy atom. The molecule has 1 heterocycles. The molecule has 0 saturated heterocycles. The molecule has 0 aliphatic heterocycles. The Morgan fingerprint density at radius 2 is 1.92 bits per heavy atom. The van der Waals surface area contributed by atoms with E-state index in [9.17, 15) is 13.2 Å². The number of nitrogens with one attached hydrogen (secondary N) is 1. The number of anilines is 1. The van der Waals surface area contributed by atoms with Gasteiger partial charge in [0.05, 0.1) is 5.75 Å². The van der Waals surface area contributed by atoms with Crippen LogP contribution in [0.2, 0.25) is 5.02 Å². The molecule has 1 N–H and O–H groups in total. The number of nitrogens with zero attached hydrogens (tertiary/aromatic N) is 2. The molecule has 130 valence electrons. The molecule has 0 aliphatic carbocycles. The highest BCUT2D eigenvalue weighted by Gasteiger charge is 2.19. The monoisotopic (exact) mass is 387 g/mol. The van der Waals surface area contributed by atoms with Crippen molar-refractivity contribution in [1.82, 2.24) is 10.2 Å². The van der Waals surface area contributed by atoms with Crippen LogP contribution in [0.3, 0.4) is 0 Å². The van der Waals surface area contributed by atoms with Gasteiger partial charge >= 0.3 is 0 Å². The Morgan fingerprint density at radius 3 is 2.54 bits per heavy atom. The summed E-state index contributed by atoms with van der Waals surface area (Å²) in [5, 5.41) is 12.0. The molecular formula is C15H18ClN3O3S2. The van der Waals surface area contributed by atoms with Gasteiger partial charge in [-0.25, -0.2) is 8.42 Å². The Labute approximate surface area is 150 Å². The fourth-order valence-electron chi connectivity index (χ4n) is 1.98. The first-order valence-corrected chi connectivity index (χ1v) is 10.3. The van der Waals surface area contributed by atoms with Crippen LogP contribution in [0.15, 0.2) is 24.3 Å². The zero-order valence-corrected chi connectivity index (χ0v) is 15.7. The second-order valence-corrected chi connectivity index (χ2v) is 9.37. The van der Waals surface area contributed by atoms with Gasteiger partial charge in [-0.05, 0) is 23.6 Å². The third-order valence-corrected chi connectivity index (χ3v) is 5.54. The summed E-state index contributed by atoms with van der Waals surface area (Å²) in [7, 11) is -3.58. The number of aromatic nitrogens is 2. The van der Waals surface area contributed by atoms with Crippen LogP contribution in [0.1, 0.15) is 24.4 Å². The van der Waals surface area contributed by atoms with Crippen LogP contribution in [0.25, 0.3) is 0 Å². The van der Waals surface area contributed by atoms with Gasteiger partial charge in [-0.1, -0.05) is 48.9 Å². The van der Waals surface area contributed by atoms with Gasteiger partial charge in [0.1, 0.15) is 10.8 Å². The summed E-state index contributed by atoms with van der Waals surface area (Å²) < 4.78 is 24.2. The van der Waals surface area contributed by atoms with E-state index in [0.29, 0.717) is 21.6 Å². The van der Waals surface area contributed by atoms with Crippen molar-refractivity contribution in [2.24, 2.45) is 5.92 Å². The van der Waals surface area contributed by atoms with Crippen LogP contribution in [0, 0.1) is 5.92 Å². The Bertz CT molecular complexity index is 802. The standard InChI is InChI=1S/C15H18ClN3O3S2/c1-10(2)7-14-18-19-15(23-14)17-13(20)9-24(21,22)8-11-3-5-12(16)6-4-11/h3-6,10H,7-9H2,1-2H3,(H,17,19,20). The second kappa shape index (κ2) is 8.04. The van der Waals surface area contributed by atoms with Crippen molar-refractivity contribution in [3.8, 4) is 0 Å². The maximum Gasteiger partial charge on any atom is 0.241 e. The maximum absolute atomic E-state index is 12.1. The van der Waals surface area contributed by atoms with Crippen LogP contribution in [-0.4, -0.2) is 30.3 Å². The molecule has 0 saturated carbocycles. The minimum atomic E-state index is -3.58. The van der Waals surface area contributed by atoms with Crippen LogP contribution in [0.5, 0.6) is 0 Å². The average Bonchev–Trinajstić information content (AvgIpc) is 2.86. The van der Waals surface area contributed by atoms with E-state index >= 15 is 0 Å². The number of hydrogen-bond acceptors (Lipinski definition) is 6. The van der Waals surface area contributed by atoms with E-state index in [-0.39, 0.29) is 5.75 Å². The predicted molar refractivity (Wildman–Crippen MR) is 96.0 cm³/mol. The normalized spacial score (nSPS) is 11.7. The highest BCUT2D eigenvalue weighted by Crippen LogP contribution is 2.18. The first kappa shape index (κ1) is 18.8. The zero-order valence-electron chi connectivity index (χ0n) is 13.3. The molecule has 2 rings (SSSR count). The maximum atomic E-state index is 12.1.